The first-order valence-corrected chi connectivity index (χ1v) is 7.80. The van der Waals surface area contributed by atoms with E-state index in [0.29, 0.717) is 12.8 Å². The largest absolute Gasteiger partial charge is 0.338 e. The number of aromatic amines is 1. The Morgan fingerprint density at radius 2 is 1.78 bits per heavy atom. The summed E-state index contributed by atoms with van der Waals surface area (Å²) in [4.78, 5) is 12.2. The highest BCUT2D eigenvalue weighted by Gasteiger charge is 2.17. The summed E-state index contributed by atoms with van der Waals surface area (Å²) in [6, 6.07) is 10.8. The van der Waals surface area contributed by atoms with Crippen molar-refractivity contribution >= 4 is 11.2 Å². The maximum atomic E-state index is 8.93. The van der Waals surface area contributed by atoms with Crippen molar-refractivity contribution in [3.63, 3.8) is 0 Å². The molecular weight excluding hydrogens is 284 g/mol. The van der Waals surface area contributed by atoms with Gasteiger partial charge in [0.1, 0.15) is 5.52 Å². The normalized spacial score (nSPS) is 11.6. The molecule has 4 nitrogen and oxygen atoms in total. The molecule has 1 aromatic carbocycles. The van der Waals surface area contributed by atoms with Gasteiger partial charge in [0, 0.05) is 24.4 Å². The number of hydrogen-bond donors (Lipinski definition) is 1. The third kappa shape index (κ3) is 2.95. The molecule has 2 heterocycles. The minimum Gasteiger partial charge on any atom is -0.338 e. The lowest BCUT2D eigenvalue weighted by Crippen LogP contribution is -2.10. The topological polar surface area (TPSA) is 65.4 Å². The Morgan fingerprint density at radius 3 is 2.43 bits per heavy atom. The van der Waals surface area contributed by atoms with Gasteiger partial charge in [-0.05, 0) is 23.0 Å². The van der Waals surface area contributed by atoms with Gasteiger partial charge < -0.3 is 4.98 Å². The summed E-state index contributed by atoms with van der Waals surface area (Å²) in [5, 5.41) is 8.93. The molecule has 4 heteroatoms. The van der Waals surface area contributed by atoms with Crippen LogP contribution in [-0.4, -0.2) is 15.0 Å². The van der Waals surface area contributed by atoms with Crippen molar-refractivity contribution in [3.8, 4) is 17.3 Å². The Balaban J connectivity index is 2.10. The van der Waals surface area contributed by atoms with Crippen molar-refractivity contribution < 1.29 is 0 Å². The Labute approximate surface area is 136 Å². The molecular formula is C19H20N4. The molecule has 0 aliphatic carbocycles. The van der Waals surface area contributed by atoms with Gasteiger partial charge in [0.25, 0.3) is 0 Å². The summed E-state index contributed by atoms with van der Waals surface area (Å²) in [5.74, 6) is 0. The lowest BCUT2D eigenvalue weighted by atomic mass is 9.86. The molecule has 0 spiro atoms. The van der Waals surface area contributed by atoms with Crippen LogP contribution < -0.4 is 0 Å². The Hall–Kier alpha value is -2.67. The number of aromatic nitrogens is 3. The molecule has 23 heavy (non-hydrogen) atoms. The monoisotopic (exact) mass is 304 g/mol. The zero-order chi connectivity index (χ0) is 16.4. The summed E-state index contributed by atoms with van der Waals surface area (Å²) in [7, 11) is 0. The molecule has 3 aromatic rings. The van der Waals surface area contributed by atoms with Crippen molar-refractivity contribution in [2.75, 3.05) is 0 Å². The van der Waals surface area contributed by atoms with E-state index in [1.807, 2.05) is 0 Å². The number of fused-ring (bicyclic) bond motifs is 1. The van der Waals surface area contributed by atoms with Crippen LogP contribution in [0.3, 0.4) is 0 Å². The van der Waals surface area contributed by atoms with Crippen molar-refractivity contribution in [3.05, 3.63) is 47.8 Å². The van der Waals surface area contributed by atoms with Gasteiger partial charge in [0.15, 0.2) is 5.65 Å². The van der Waals surface area contributed by atoms with E-state index in [4.69, 9.17) is 5.26 Å². The zero-order valence-corrected chi connectivity index (χ0v) is 13.7. The molecule has 0 bridgehead atoms. The molecule has 0 atom stereocenters. The zero-order valence-electron chi connectivity index (χ0n) is 13.7. The summed E-state index contributed by atoms with van der Waals surface area (Å²) in [5.41, 5.74) is 6.25. The molecule has 1 N–H and O–H groups in total. The molecule has 0 amide bonds. The lowest BCUT2D eigenvalue weighted by Gasteiger charge is -2.19. The average Bonchev–Trinajstić information content (AvgIpc) is 2.91. The Kier molecular flexibility index (Phi) is 3.87. The van der Waals surface area contributed by atoms with Crippen molar-refractivity contribution in [1.29, 1.82) is 5.26 Å². The Bertz CT molecular complexity index is 861. The maximum Gasteiger partial charge on any atom is 0.156 e. The lowest BCUT2D eigenvalue weighted by molar-refractivity contribution is 0.590. The summed E-state index contributed by atoms with van der Waals surface area (Å²) < 4.78 is 0. The first kappa shape index (κ1) is 15.2. The fourth-order valence-electron chi connectivity index (χ4n) is 2.77. The van der Waals surface area contributed by atoms with Crippen LogP contribution in [0.2, 0.25) is 0 Å². The number of nitrogens with zero attached hydrogens (tertiary/aromatic N) is 3. The molecule has 0 saturated carbocycles. The molecule has 0 unspecified atom stereocenters. The average molecular weight is 304 g/mol. The molecule has 0 fully saturated rings. The van der Waals surface area contributed by atoms with E-state index in [9.17, 15) is 0 Å². The van der Waals surface area contributed by atoms with Gasteiger partial charge in [-0.3, -0.25) is 4.98 Å². The molecule has 0 aliphatic heterocycles. The van der Waals surface area contributed by atoms with Gasteiger partial charge in [-0.1, -0.05) is 45.0 Å². The molecule has 2 aromatic heterocycles. The number of nitriles is 1. The minimum atomic E-state index is 0.131. The third-order valence-electron chi connectivity index (χ3n) is 4.06. The standard InChI is InChI=1S/C19H20N4/c1-19(2,3)14-8-6-13(7-9-14)16-15(5-4-10-20)17-18(23-16)22-12-11-21-17/h6-9,11-12H,4-5H2,1-3H3,(H,22,23). The number of hydrogen-bond acceptors (Lipinski definition) is 3. The van der Waals surface area contributed by atoms with Gasteiger partial charge >= 0.3 is 0 Å². The fraction of sp³-hybridized carbons (Fsp3) is 0.316. The van der Waals surface area contributed by atoms with Crippen molar-refractivity contribution in [1.82, 2.24) is 15.0 Å². The van der Waals surface area contributed by atoms with Gasteiger partial charge in [-0.25, -0.2) is 4.98 Å². The van der Waals surface area contributed by atoms with Crippen LogP contribution in [0, 0.1) is 11.3 Å². The summed E-state index contributed by atoms with van der Waals surface area (Å²) >= 11 is 0. The highest BCUT2D eigenvalue weighted by Crippen LogP contribution is 2.31. The van der Waals surface area contributed by atoms with Gasteiger partial charge in [-0.15, -0.1) is 0 Å². The van der Waals surface area contributed by atoms with E-state index in [0.717, 1.165) is 28.0 Å². The van der Waals surface area contributed by atoms with Crippen molar-refractivity contribution in [2.45, 2.75) is 39.0 Å². The number of nitrogens with one attached hydrogen (secondary N) is 1. The van der Waals surface area contributed by atoms with E-state index in [-0.39, 0.29) is 5.41 Å². The summed E-state index contributed by atoms with van der Waals surface area (Å²) in [6.07, 6.45) is 4.51. The maximum absolute atomic E-state index is 8.93. The van der Waals surface area contributed by atoms with E-state index in [2.05, 4.69) is 66.1 Å². The minimum absolute atomic E-state index is 0.131. The van der Waals surface area contributed by atoms with E-state index in [1.54, 1.807) is 12.4 Å². The highest BCUT2D eigenvalue weighted by atomic mass is 14.9. The first-order chi connectivity index (χ1) is 11.0. The highest BCUT2D eigenvalue weighted by molar-refractivity contribution is 5.85. The first-order valence-electron chi connectivity index (χ1n) is 7.80. The van der Waals surface area contributed by atoms with Crippen LogP contribution in [0.5, 0.6) is 0 Å². The summed E-state index contributed by atoms with van der Waals surface area (Å²) in [6.45, 7) is 6.62. The van der Waals surface area contributed by atoms with Crippen LogP contribution in [-0.2, 0) is 11.8 Å². The predicted octanol–water partition coefficient (Wildman–Crippen LogP) is 4.38. The number of aryl methyl sites for hydroxylation is 1. The third-order valence-corrected chi connectivity index (χ3v) is 4.06. The quantitative estimate of drug-likeness (QED) is 0.781. The molecule has 0 aliphatic rings. The SMILES string of the molecule is CC(C)(C)c1ccc(-c2[nH]c3nccnc3c2CCC#N)cc1. The van der Waals surface area contributed by atoms with Gasteiger partial charge in [0.05, 0.1) is 11.8 Å². The smallest absolute Gasteiger partial charge is 0.156 e. The van der Waals surface area contributed by atoms with Crippen LogP contribution in [0.25, 0.3) is 22.4 Å². The van der Waals surface area contributed by atoms with E-state index in [1.165, 1.54) is 5.56 Å². The van der Waals surface area contributed by atoms with Crippen molar-refractivity contribution in [2.24, 2.45) is 0 Å². The number of H-pyrrole nitrogens is 1. The van der Waals surface area contributed by atoms with Gasteiger partial charge in [0.2, 0.25) is 0 Å². The van der Waals surface area contributed by atoms with Gasteiger partial charge in [-0.2, -0.15) is 5.26 Å². The second kappa shape index (κ2) is 5.85. The van der Waals surface area contributed by atoms with Crippen LogP contribution in [0.4, 0.5) is 0 Å². The molecule has 0 saturated heterocycles. The molecule has 116 valence electrons. The van der Waals surface area contributed by atoms with E-state index >= 15 is 0 Å². The van der Waals surface area contributed by atoms with E-state index < -0.39 is 0 Å². The Morgan fingerprint density at radius 1 is 1.09 bits per heavy atom. The fourth-order valence-corrected chi connectivity index (χ4v) is 2.77. The molecule has 0 radical (unpaired) electrons. The number of benzene rings is 1. The second-order valence-electron chi connectivity index (χ2n) is 6.72. The van der Waals surface area contributed by atoms with Crippen LogP contribution in [0.15, 0.2) is 36.7 Å². The number of rotatable bonds is 3. The second-order valence-corrected chi connectivity index (χ2v) is 6.72. The predicted molar refractivity (Wildman–Crippen MR) is 92.0 cm³/mol. The van der Waals surface area contributed by atoms with Crippen LogP contribution in [0.1, 0.15) is 38.3 Å². The van der Waals surface area contributed by atoms with Crippen LogP contribution >= 0.6 is 0 Å². The molecule has 3 rings (SSSR count).